The third-order valence-electron chi connectivity index (χ3n) is 5.03. The fourth-order valence-electron chi connectivity index (χ4n) is 3.50. The van der Waals surface area contributed by atoms with Gasteiger partial charge in [0.05, 0.1) is 0 Å². The number of rotatable bonds is 7. The van der Waals surface area contributed by atoms with Gasteiger partial charge in [0, 0.05) is 32.1 Å². The van der Waals surface area contributed by atoms with E-state index in [1.54, 1.807) is 11.8 Å². The standard InChI is InChI=1S/C23H28N2O4/c1-15(2)19-7-5-6-16(3)23(19)25(17(4)26)11-10-22(27)24-13-18-8-9-20-21(12-18)29-14-28-20/h5-9,12,15H,10-11,13-14H2,1-4H3,(H,24,27). The summed E-state index contributed by atoms with van der Waals surface area (Å²) in [5.41, 5.74) is 4.00. The number of anilines is 1. The average molecular weight is 396 g/mol. The maximum atomic E-state index is 12.4. The molecule has 0 unspecified atom stereocenters. The lowest BCUT2D eigenvalue weighted by molar-refractivity contribution is -0.121. The van der Waals surface area contributed by atoms with Crippen LogP contribution in [0.25, 0.3) is 0 Å². The molecule has 6 heteroatoms. The van der Waals surface area contributed by atoms with Crippen molar-refractivity contribution in [3.8, 4) is 11.5 Å². The average Bonchev–Trinajstić information content (AvgIpc) is 3.15. The summed E-state index contributed by atoms with van der Waals surface area (Å²) in [5, 5.41) is 2.91. The minimum Gasteiger partial charge on any atom is -0.454 e. The third kappa shape index (κ3) is 4.88. The zero-order valence-corrected chi connectivity index (χ0v) is 17.5. The van der Waals surface area contributed by atoms with Crippen molar-refractivity contribution in [2.45, 2.75) is 46.6 Å². The van der Waals surface area contributed by atoms with Crippen LogP contribution in [0.2, 0.25) is 0 Å². The van der Waals surface area contributed by atoms with E-state index in [-0.39, 0.29) is 30.9 Å². The molecule has 0 spiro atoms. The van der Waals surface area contributed by atoms with Crippen molar-refractivity contribution in [3.05, 3.63) is 53.1 Å². The Labute approximate surface area is 171 Å². The Morgan fingerprint density at radius 3 is 2.62 bits per heavy atom. The summed E-state index contributed by atoms with van der Waals surface area (Å²) in [5.74, 6) is 1.53. The molecule has 1 aliphatic heterocycles. The lowest BCUT2D eigenvalue weighted by Crippen LogP contribution is -2.35. The van der Waals surface area contributed by atoms with Crippen LogP contribution in [0.1, 0.15) is 49.8 Å². The number of fused-ring (bicyclic) bond motifs is 1. The Morgan fingerprint density at radius 1 is 1.14 bits per heavy atom. The van der Waals surface area contributed by atoms with Gasteiger partial charge < -0.3 is 19.7 Å². The molecule has 6 nitrogen and oxygen atoms in total. The lowest BCUT2D eigenvalue weighted by Gasteiger charge is -2.27. The van der Waals surface area contributed by atoms with Crippen molar-refractivity contribution >= 4 is 17.5 Å². The normalized spacial score (nSPS) is 12.2. The highest BCUT2D eigenvalue weighted by Crippen LogP contribution is 2.33. The number of benzene rings is 2. The number of carbonyl (C=O) groups is 2. The van der Waals surface area contributed by atoms with Gasteiger partial charge >= 0.3 is 0 Å². The molecule has 0 radical (unpaired) electrons. The molecule has 2 aromatic carbocycles. The molecular formula is C23H28N2O4. The van der Waals surface area contributed by atoms with Gasteiger partial charge in [-0.1, -0.05) is 38.1 Å². The first-order chi connectivity index (χ1) is 13.9. The van der Waals surface area contributed by atoms with E-state index in [0.717, 1.165) is 28.1 Å². The predicted octanol–water partition coefficient (Wildman–Crippen LogP) is 3.91. The fraction of sp³-hybridized carbons (Fsp3) is 0.391. The summed E-state index contributed by atoms with van der Waals surface area (Å²) in [7, 11) is 0. The van der Waals surface area contributed by atoms with E-state index in [9.17, 15) is 9.59 Å². The molecule has 2 aromatic rings. The van der Waals surface area contributed by atoms with Crippen LogP contribution in [0.15, 0.2) is 36.4 Å². The van der Waals surface area contributed by atoms with E-state index in [0.29, 0.717) is 18.8 Å². The van der Waals surface area contributed by atoms with Gasteiger partial charge in [0.1, 0.15) is 0 Å². The van der Waals surface area contributed by atoms with E-state index in [1.807, 2.05) is 43.3 Å². The van der Waals surface area contributed by atoms with Gasteiger partial charge in [0.15, 0.2) is 11.5 Å². The second-order valence-electron chi connectivity index (χ2n) is 7.55. The van der Waals surface area contributed by atoms with E-state index in [4.69, 9.17) is 9.47 Å². The van der Waals surface area contributed by atoms with Gasteiger partial charge in [0.25, 0.3) is 0 Å². The molecule has 0 saturated heterocycles. The summed E-state index contributed by atoms with van der Waals surface area (Å²) in [4.78, 5) is 26.5. The molecule has 0 saturated carbocycles. The number of amides is 2. The molecule has 0 aromatic heterocycles. The number of hydrogen-bond acceptors (Lipinski definition) is 4. The molecule has 0 fully saturated rings. The molecule has 29 heavy (non-hydrogen) atoms. The maximum Gasteiger partial charge on any atom is 0.231 e. The van der Waals surface area contributed by atoms with Crippen molar-refractivity contribution < 1.29 is 19.1 Å². The first-order valence-corrected chi connectivity index (χ1v) is 9.89. The number of para-hydroxylation sites is 1. The van der Waals surface area contributed by atoms with Crippen LogP contribution in [-0.2, 0) is 16.1 Å². The van der Waals surface area contributed by atoms with Gasteiger partial charge in [0.2, 0.25) is 18.6 Å². The summed E-state index contributed by atoms with van der Waals surface area (Å²) < 4.78 is 10.7. The highest BCUT2D eigenvalue weighted by molar-refractivity contribution is 5.94. The Bertz CT molecular complexity index is 908. The zero-order valence-electron chi connectivity index (χ0n) is 17.5. The SMILES string of the molecule is CC(=O)N(CCC(=O)NCc1ccc2c(c1)OCO2)c1c(C)cccc1C(C)C. The van der Waals surface area contributed by atoms with Crippen LogP contribution in [0, 0.1) is 6.92 Å². The number of nitrogens with zero attached hydrogens (tertiary/aromatic N) is 1. The smallest absolute Gasteiger partial charge is 0.231 e. The molecule has 0 aliphatic carbocycles. The largest absolute Gasteiger partial charge is 0.454 e. The Morgan fingerprint density at radius 2 is 1.90 bits per heavy atom. The number of carbonyl (C=O) groups excluding carboxylic acids is 2. The van der Waals surface area contributed by atoms with Gasteiger partial charge in [-0.25, -0.2) is 0 Å². The highest BCUT2D eigenvalue weighted by atomic mass is 16.7. The predicted molar refractivity (Wildman–Crippen MR) is 112 cm³/mol. The minimum absolute atomic E-state index is 0.0650. The number of aryl methyl sites for hydroxylation is 1. The molecule has 0 bridgehead atoms. The zero-order chi connectivity index (χ0) is 21.0. The Kier molecular flexibility index (Phi) is 6.42. The first kappa shape index (κ1) is 20.7. The van der Waals surface area contributed by atoms with Crippen LogP contribution in [0.5, 0.6) is 11.5 Å². The van der Waals surface area contributed by atoms with Crippen molar-refractivity contribution in [1.82, 2.24) is 5.32 Å². The molecule has 3 rings (SSSR count). The summed E-state index contributed by atoms with van der Waals surface area (Å²) in [6, 6.07) is 11.7. The first-order valence-electron chi connectivity index (χ1n) is 9.89. The third-order valence-corrected chi connectivity index (χ3v) is 5.03. The monoisotopic (exact) mass is 396 g/mol. The topological polar surface area (TPSA) is 67.9 Å². The van der Waals surface area contributed by atoms with Crippen LogP contribution in [-0.4, -0.2) is 25.2 Å². The van der Waals surface area contributed by atoms with Crippen LogP contribution < -0.4 is 19.7 Å². The molecule has 1 heterocycles. The van der Waals surface area contributed by atoms with Gasteiger partial charge in [-0.05, 0) is 41.7 Å². The molecule has 1 aliphatic rings. The fourth-order valence-corrected chi connectivity index (χ4v) is 3.50. The van der Waals surface area contributed by atoms with Crippen LogP contribution >= 0.6 is 0 Å². The number of nitrogens with one attached hydrogen (secondary N) is 1. The second-order valence-corrected chi connectivity index (χ2v) is 7.55. The summed E-state index contributed by atoms with van der Waals surface area (Å²) >= 11 is 0. The van der Waals surface area contributed by atoms with Crippen molar-refractivity contribution in [1.29, 1.82) is 0 Å². The lowest BCUT2D eigenvalue weighted by atomic mass is 9.97. The Hall–Kier alpha value is -3.02. The van der Waals surface area contributed by atoms with Gasteiger partial charge in [-0.15, -0.1) is 0 Å². The van der Waals surface area contributed by atoms with Crippen molar-refractivity contribution in [2.24, 2.45) is 0 Å². The van der Waals surface area contributed by atoms with E-state index in [2.05, 4.69) is 19.2 Å². The number of hydrogen-bond donors (Lipinski definition) is 1. The van der Waals surface area contributed by atoms with Crippen LogP contribution in [0.3, 0.4) is 0 Å². The summed E-state index contributed by atoms with van der Waals surface area (Å²) in [6.45, 7) is 8.72. The molecular weight excluding hydrogens is 368 g/mol. The molecule has 0 atom stereocenters. The maximum absolute atomic E-state index is 12.4. The quantitative estimate of drug-likeness (QED) is 0.771. The minimum atomic E-state index is -0.103. The van der Waals surface area contributed by atoms with E-state index < -0.39 is 0 Å². The molecule has 1 N–H and O–H groups in total. The van der Waals surface area contributed by atoms with Crippen LogP contribution in [0.4, 0.5) is 5.69 Å². The van der Waals surface area contributed by atoms with Gasteiger partial charge in [-0.3, -0.25) is 9.59 Å². The number of ether oxygens (including phenoxy) is 2. The Balaban J connectivity index is 1.62. The van der Waals surface area contributed by atoms with E-state index >= 15 is 0 Å². The van der Waals surface area contributed by atoms with E-state index in [1.165, 1.54) is 0 Å². The van der Waals surface area contributed by atoms with Crippen molar-refractivity contribution in [2.75, 3.05) is 18.2 Å². The van der Waals surface area contributed by atoms with Gasteiger partial charge in [-0.2, -0.15) is 0 Å². The molecule has 2 amide bonds. The van der Waals surface area contributed by atoms with Crippen molar-refractivity contribution in [3.63, 3.8) is 0 Å². The second kappa shape index (κ2) is 8.99. The highest BCUT2D eigenvalue weighted by Gasteiger charge is 2.20. The summed E-state index contributed by atoms with van der Waals surface area (Å²) in [6.07, 6.45) is 0.232. The molecule has 154 valence electrons.